The minimum Gasteiger partial charge on any atom is -0.460 e. The van der Waals surface area contributed by atoms with E-state index in [0.29, 0.717) is 9.52 Å². The van der Waals surface area contributed by atoms with Crippen molar-refractivity contribution in [3.63, 3.8) is 0 Å². The van der Waals surface area contributed by atoms with E-state index in [-0.39, 0.29) is 16.5 Å². The number of hydrogen-bond acceptors (Lipinski definition) is 2. The van der Waals surface area contributed by atoms with Crippen molar-refractivity contribution in [2.24, 2.45) is 0 Å². The predicted octanol–water partition coefficient (Wildman–Crippen LogP) is 2.77. The van der Waals surface area contributed by atoms with Crippen molar-refractivity contribution in [1.29, 1.82) is 0 Å². The highest BCUT2D eigenvalue weighted by molar-refractivity contribution is 6.68. The normalized spacial score (nSPS) is 12.6. The smallest absolute Gasteiger partial charge is 0.330 e. The van der Waals surface area contributed by atoms with Gasteiger partial charge in [-0.3, -0.25) is 0 Å². The second kappa shape index (κ2) is 8.33. The fourth-order valence-electron chi connectivity index (χ4n) is 0.906. The lowest BCUT2D eigenvalue weighted by molar-refractivity contribution is -0.142. The van der Waals surface area contributed by atoms with E-state index in [1.54, 1.807) is 0 Å². The monoisotopic (exact) mass is 252 g/mol. The third-order valence-corrected chi connectivity index (χ3v) is 3.45. The molecule has 0 aliphatic carbocycles. The molecular weight excluding hydrogens is 239 g/mol. The molecule has 0 aromatic heterocycles. The first-order valence-corrected chi connectivity index (χ1v) is 6.56. The van der Waals surface area contributed by atoms with Gasteiger partial charge in [0.05, 0.1) is 20.1 Å². The Morgan fingerprint density at radius 2 is 2.29 bits per heavy atom. The highest BCUT2D eigenvalue weighted by atomic mass is 35.5. The summed E-state index contributed by atoms with van der Waals surface area (Å²) in [6.07, 6.45) is 2.92. The Balaban J connectivity index is 3.39. The van der Waals surface area contributed by atoms with Crippen molar-refractivity contribution in [3.05, 3.63) is 12.7 Å². The molecule has 1 atom stereocenters. The van der Waals surface area contributed by atoms with Crippen LogP contribution in [0.1, 0.15) is 19.8 Å². The molecule has 0 aromatic carbocycles. The molecule has 0 saturated heterocycles. The number of alkyl halides is 2. The molecule has 0 bridgehead atoms. The zero-order valence-electron chi connectivity index (χ0n) is 8.13. The number of carbonyl (C=O) groups excluding carboxylic acids is 1. The molecule has 14 heavy (non-hydrogen) atoms. The predicted molar refractivity (Wildman–Crippen MR) is 61.0 cm³/mol. The first-order valence-electron chi connectivity index (χ1n) is 4.41. The van der Waals surface area contributed by atoms with Gasteiger partial charge < -0.3 is 4.74 Å². The molecule has 0 aromatic rings. The number of esters is 1. The van der Waals surface area contributed by atoms with Crippen molar-refractivity contribution in [3.8, 4) is 0 Å². The summed E-state index contributed by atoms with van der Waals surface area (Å²) in [5.41, 5.74) is 0. The topological polar surface area (TPSA) is 26.3 Å². The van der Waals surface area contributed by atoms with Gasteiger partial charge in [-0.25, -0.2) is 4.79 Å². The molecule has 0 amide bonds. The number of rotatable bonds is 7. The van der Waals surface area contributed by atoms with Gasteiger partial charge in [-0.2, -0.15) is 0 Å². The van der Waals surface area contributed by atoms with Crippen molar-refractivity contribution in [1.82, 2.24) is 0 Å². The Labute approximate surface area is 97.4 Å². The molecule has 0 rings (SSSR count). The SMILES string of the molecule is C=CC(=O)OC(C)CCC[Si]C(Cl)Cl. The molecule has 2 nitrogen and oxygen atoms in total. The van der Waals surface area contributed by atoms with E-state index in [0.717, 1.165) is 18.9 Å². The zero-order chi connectivity index (χ0) is 11.0. The number of halogens is 2. The van der Waals surface area contributed by atoms with Crippen molar-refractivity contribution < 1.29 is 9.53 Å². The van der Waals surface area contributed by atoms with Gasteiger partial charge in [0.15, 0.2) is 0 Å². The Bertz CT molecular complexity index is 186. The Morgan fingerprint density at radius 3 is 2.79 bits per heavy atom. The average Bonchev–Trinajstić information content (AvgIpc) is 2.12. The summed E-state index contributed by atoms with van der Waals surface area (Å²) in [4.78, 5) is 10.8. The van der Waals surface area contributed by atoms with Gasteiger partial charge >= 0.3 is 5.97 Å². The van der Waals surface area contributed by atoms with Gasteiger partial charge in [0.1, 0.15) is 0 Å². The van der Waals surface area contributed by atoms with E-state index in [1.165, 1.54) is 6.08 Å². The summed E-state index contributed by atoms with van der Waals surface area (Å²) in [7, 11) is 0.555. The van der Waals surface area contributed by atoms with Crippen LogP contribution in [0.2, 0.25) is 6.04 Å². The van der Waals surface area contributed by atoms with Gasteiger partial charge in [0, 0.05) is 6.08 Å². The fourth-order valence-corrected chi connectivity index (χ4v) is 2.19. The van der Waals surface area contributed by atoms with E-state index in [1.807, 2.05) is 6.92 Å². The van der Waals surface area contributed by atoms with E-state index in [4.69, 9.17) is 27.9 Å². The third kappa shape index (κ3) is 8.60. The second-order valence-corrected chi connectivity index (χ2v) is 6.16. The molecule has 0 heterocycles. The van der Waals surface area contributed by atoms with Crippen LogP contribution in [0.25, 0.3) is 0 Å². The van der Waals surface area contributed by atoms with Gasteiger partial charge in [0.25, 0.3) is 0 Å². The molecule has 0 N–H and O–H groups in total. The van der Waals surface area contributed by atoms with Crippen LogP contribution in [-0.2, 0) is 9.53 Å². The summed E-state index contributed by atoms with van der Waals surface area (Å²) < 4.78 is 4.72. The summed E-state index contributed by atoms with van der Waals surface area (Å²) >= 11 is 11.2. The number of ether oxygens (including phenoxy) is 1. The average molecular weight is 253 g/mol. The van der Waals surface area contributed by atoms with Crippen LogP contribution in [0.15, 0.2) is 12.7 Å². The molecule has 0 aliphatic rings. The van der Waals surface area contributed by atoms with Crippen molar-refractivity contribution in [2.75, 3.05) is 0 Å². The highest BCUT2D eigenvalue weighted by Gasteiger charge is 2.07. The molecule has 0 spiro atoms. The lowest BCUT2D eigenvalue weighted by atomic mass is 10.2. The van der Waals surface area contributed by atoms with Crippen molar-refractivity contribution >= 4 is 38.7 Å². The summed E-state index contributed by atoms with van der Waals surface area (Å²) in [5, 5.41) is 0. The van der Waals surface area contributed by atoms with Crippen LogP contribution in [0, 0.1) is 0 Å². The quantitative estimate of drug-likeness (QED) is 0.229. The molecule has 0 saturated carbocycles. The largest absolute Gasteiger partial charge is 0.460 e. The second-order valence-electron chi connectivity index (χ2n) is 2.85. The zero-order valence-corrected chi connectivity index (χ0v) is 10.6. The van der Waals surface area contributed by atoms with Gasteiger partial charge in [-0.15, -0.1) is 23.2 Å². The maximum absolute atomic E-state index is 10.8. The third-order valence-electron chi connectivity index (χ3n) is 1.57. The van der Waals surface area contributed by atoms with Crippen LogP contribution >= 0.6 is 23.2 Å². The van der Waals surface area contributed by atoms with E-state index < -0.39 is 0 Å². The van der Waals surface area contributed by atoms with Crippen LogP contribution < -0.4 is 0 Å². The first-order chi connectivity index (χ1) is 6.56. The minimum absolute atomic E-state index is 0.0607. The van der Waals surface area contributed by atoms with Crippen LogP contribution in [0.3, 0.4) is 0 Å². The maximum atomic E-state index is 10.8. The van der Waals surface area contributed by atoms with Crippen LogP contribution in [-0.4, -0.2) is 26.1 Å². The number of carbonyl (C=O) groups is 1. The molecular formula is C9H14Cl2O2Si. The molecule has 2 radical (unpaired) electrons. The first kappa shape index (κ1) is 14.0. The lowest BCUT2D eigenvalue weighted by Crippen LogP contribution is -2.13. The summed E-state index contributed by atoms with van der Waals surface area (Å²) in [6, 6.07) is 0.980. The standard InChI is InChI=1S/C9H14Cl2O2Si/c1-3-8(12)13-7(2)5-4-6-14-9(10)11/h3,7,9H,1,4-6H2,2H3. The van der Waals surface area contributed by atoms with Crippen LogP contribution in [0.4, 0.5) is 0 Å². The number of hydrogen-bond donors (Lipinski definition) is 0. The molecule has 1 unspecified atom stereocenters. The van der Waals surface area contributed by atoms with Crippen molar-refractivity contribution in [2.45, 2.75) is 36.4 Å². The maximum Gasteiger partial charge on any atom is 0.330 e. The Hall–Kier alpha value is 0.00688. The lowest BCUT2D eigenvalue weighted by Gasteiger charge is -2.11. The fraction of sp³-hybridized carbons (Fsp3) is 0.667. The molecule has 5 heteroatoms. The minimum atomic E-state index is -0.368. The van der Waals surface area contributed by atoms with Gasteiger partial charge in [0.2, 0.25) is 0 Å². The van der Waals surface area contributed by atoms with E-state index >= 15 is 0 Å². The Morgan fingerprint density at radius 1 is 1.64 bits per heavy atom. The summed E-state index contributed by atoms with van der Waals surface area (Å²) in [6.45, 7) is 5.19. The van der Waals surface area contributed by atoms with Gasteiger partial charge in [-0.1, -0.05) is 19.0 Å². The van der Waals surface area contributed by atoms with E-state index in [2.05, 4.69) is 6.58 Å². The summed E-state index contributed by atoms with van der Waals surface area (Å²) in [5.74, 6) is -0.368. The van der Waals surface area contributed by atoms with Gasteiger partial charge in [-0.05, 0) is 13.3 Å². The molecule has 0 fully saturated rings. The molecule has 80 valence electrons. The van der Waals surface area contributed by atoms with E-state index in [9.17, 15) is 4.79 Å². The molecule has 0 aliphatic heterocycles. The highest BCUT2D eigenvalue weighted by Crippen LogP contribution is 2.08. The van der Waals surface area contributed by atoms with Crippen LogP contribution in [0.5, 0.6) is 0 Å². The Kier molecular flexibility index (Phi) is 8.33.